The monoisotopic (exact) mass is 222 g/mol. The maximum Gasteiger partial charge on any atom is 0.395 e. The van der Waals surface area contributed by atoms with Crippen LogP contribution in [-0.2, 0) is 4.79 Å². The molecule has 0 saturated heterocycles. The molecule has 0 aromatic carbocycles. The van der Waals surface area contributed by atoms with E-state index in [4.69, 9.17) is 0 Å². The lowest BCUT2D eigenvalue weighted by molar-refractivity contribution is -0.156. The molecule has 0 heterocycles. The maximum atomic E-state index is 12.0. The first-order valence-corrected chi connectivity index (χ1v) is 5.37. The van der Waals surface area contributed by atoms with Gasteiger partial charge in [-0.05, 0) is 31.1 Å². The Hall–Kier alpha value is -0.540. The van der Waals surface area contributed by atoms with Crippen LogP contribution in [0.25, 0.3) is 0 Å². The Balaban J connectivity index is 2.52. The Labute approximate surface area is 88.0 Å². The van der Waals surface area contributed by atoms with Crippen molar-refractivity contribution in [3.05, 3.63) is 0 Å². The topological polar surface area (TPSA) is 17.1 Å². The number of ketones is 1. The van der Waals surface area contributed by atoms with E-state index in [0.29, 0.717) is 24.7 Å². The first-order valence-electron chi connectivity index (χ1n) is 5.37. The summed E-state index contributed by atoms with van der Waals surface area (Å²) in [5, 5.41) is 0. The molecular formula is C11H17F3O. The molecule has 1 fully saturated rings. The van der Waals surface area contributed by atoms with Crippen molar-refractivity contribution >= 4 is 5.78 Å². The van der Waals surface area contributed by atoms with Crippen molar-refractivity contribution < 1.29 is 18.0 Å². The predicted molar refractivity (Wildman–Crippen MR) is 51.3 cm³/mol. The van der Waals surface area contributed by atoms with E-state index >= 15 is 0 Å². The second-order valence-electron chi connectivity index (χ2n) is 4.87. The van der Waals surface area contributed by atoms with Gasteiger partial charge in [0.2, 0.25) is 0 Å². The van der Waals surface area contributed by atoms with Crippen LogP contribution in [-0.4, -0.2) is 12.0 Å². The minimum absolute atomic E-state index is 0.370. The molecule has 0 aliphatic heterocycles. The molecule has 15 heavy (non-hydrogen) atoms. The highest BCUT2D eigenvalue weighted by Gasteiger charge is 2.36. The van der Waals surface area contributed by atoms with E-state index in [-0.39, 0.29) is 5.92 Å². The van der Waals surface area contributed by atoms with Crippen LogP contribution in [0.2, 0.25) is 0 Å². The Kier molecular flexibility index (Phi) is 3.79. The van der Waals surface area contributed by atoms with Crippen molar-refractivity contribution in [2.24, 2.45) is 17.8 Å². The van der Waals surface area contributed by atoms with Crippen molar-refractivity contribution in [2.75, 3.05) is 0 Å². The summed E-state index contributed by atoms with van der Waals surface area (Å²) < 4.78 is 36.1. The minimum Gasteiger partial charge on any atom is -0.299 e. The van der Waals surface area contributed by atoms with Crippen LogP contribution in [0.4, 0.5) is 13.2 Å². The number of rotatable bonds is 2. The van der Waals surface area contributed by atoms with Crippen molar-refractivity contribution in [1.29, 1.82) is 0 Å². The number of hydrogen-bond acceptors (Lipinski definition) is 1. The van der Waals surface area contributed by atoms with E-state index in [0.717, 1.165) is 6.42 Å². The number of carbonyl (C=O) groups excluding carboxylic acids is 1. The van der Waals surface area contributed by atoms with Crippen molar-refractivity contribution in [2.45, 2.75) is 45.7 Å². The number of halogens is 3. The van der Waals surface area contributed by atoms with Gasteiger partial charge in [-0.1, -0.05) is 13.8 Å². The van der Waals surface area contributed by atoms with Gasteiger partial charge >= 0.3 is 6.18 Å². The minimum atomic E-state index is -4.35. The summed E-state index contributed by atoms with van der Waals surface area (Å²) in [5.74, 6) is -0.252. The molecule has 1 rings (SSSR count). The molecule has 0 N–H and O–H groups in total. The van der Waals surface area contributed by atoms with Crippen LogP contribution in [0.5, 0.6) is 0 Å². The molecule has 1 aliphatic rings. The van der Waals surface area contributed by atoms with Crippen molar-refractivity contribution in [3.63, 3.8) is 0 Å². The van der Waals surface area contributed by atoms with Gasteiger partial charge in [-0.15, -0.1) is 0 Å². The van der Waals surface area contributed by atoms with E-state index in [1.165, 1.54) is 0 Å². The summed E-state index contributed by atoms with van der Waals surface area (Å²) in [7, 11) is 0. The zero-order valence-electron chi connectivity index (χ0n) is 9.10. The fourth-order valence-electron chi connectivity index (χ4n) is 2.55. The Morgan fingerprint density at radius 2 is 1.60 bits per heavy atom. The quantitative estimate of drug-likeness (QED) is 0.698. The molecule has 0 bridgehead atoms. The maximum absolute atomic E-state index is 12.0. The number of carbonyl (C=O) groups is 1. The Morgan fingerprint density at radius 1 is 1.13 bits per heavy atom. The molecular weight excluding hydrogens is 205 g/mol. The summed E-state index contributed by atoms with van der Waals surface area (Å²) in [6.45, 7) is 4.01. The largest absolute Gasteiger partial charge is 0.395 e. The lowest BCUT2D eigenvalue weighted by Crippen LogP contribution is -2.29. The number of Topliss-reactive ketones (excluding diaryl/α,β-unsaturated/α-hetero) is 1. The number of hydrogen-bond donors (Lipinski definition) is 0. The summed E-state index contributed by atoms with van der Waals surface area (Å²) >= 11 is 0. The van der Waals surface area contributed by atoms with Crippen molar-refractivity contribution in [1.82, 2.24) is 0 Å². The molecule has 1 saturated carbocycles. The number of alkyl halides is 3. The third-order valence-corrected chi connectivity index (χ3v) is 3.01. The average molecular weight is 222 g/mol. The van der Waals surface area contributed by atoms with Gasteiger partial charge in [0, 0.05) is 5.92 Å². The van der Waals surface area contributed by atoms with Gasteiger partial charge in [0.15, 0.2) is 0 Å². The predicted octanol–water partition coefficient (Wildman–Crippen LogP) is 3.58. The summed E-state index contributed by atoms with van der Waals surface area (Å²) in [6.07, 6.45) is -3.33. The normalized spacial score (nSPS) is 32.7. The highest BCUT2D eigenvalue weighted by atomic mass is 19.4. The van der Waals surface area contributed by atoms with E-state index in [1.54, 1.807) is 0 Å². The third-order valence-electron chi connectivity index (χ3n) is 3.01. The molecule has 0 amide bonds. The molecule has 1 aliphatic carbocycles. The van der Waals surface area contributed by atoms with Crippen LogP contribution in [0.1, 0.15) is 39.5 Å². The van der Waals surface area contributed by atoms with Crippen molar-refractivity contribution in [3.8, 4) is 0 Å². The highest BCUT2D eigenvalue weighted by molar-refractivity contribution is 5.81. The lowest BCUT2D eigenvalue weighted by atomic mass is 9.74. The van der Waals surface area contributed by atoms with E-state index in [9.17, 15) is 18.0 Å². The van der Waals surface area contributed by atoms with Crippen LogP contribution >= 0.6 is 0 Å². The molecule has 0 aromatic rings. The molecule has 1 nitrogen and oxygen atoms in total. The summed E-state index contributed by atoms with van der Waals surface area (Å²) in [5.41, 5.74) is 0. The fourth-order valence-corrected chi connectivity index (χ4v) is 2.55. The Morgan fingerprint density at radius 3 is 2.00 bits per heavy atom. The smallest absolute Gasteiger partial charge is 0.299 e. The highest BCUT2D eigenvalue weighted by Crippen LogP contribution is 2.35. The molecule has 0 aromatic heterocycles. The standard InChI is InChI=1S/C11H17F3O/c1-7-3-8(2)5-9(4-7)10(15)6-11(12,13)14/h7-9H,3-6H2,1-2H3. The van der Waals surface area contributed by atoms with Crippen LogP contribution in [0, 0.1) is 17.8 Å². The van der Waals surface area contributed by atoms with Gasteiger partial charge < -0.3 is 0 Å². The molecule has 0 spiro atoms. The zero-order valence-corrected chi connectivity index (χ0v) is 9.10. The lowest BCUT2D eigenvalue weighted by Gasteiger charge is -2.30. The van der Waals surface area contributed by atoms with Crippen LogP contribution < -0.4 is 0 Å². The second-order valence-corrected chi connectivity index (χ2v) is 4.87. The van der Waals surface area contributed by atoms with Crippen LogP contribution in [0.15, 0.2) is 0 Å². The van der Waals surface area contributed by atoms with E-state index in [1.807, 2.05) is 13.8 Å². The molecule has 0 radical (unpaired) electrons. The van der Waals surface area contributed by atoms with Crippen LogP contribution in [0.3, 0.4) is 0 Å². The first kappa shape index (κ1) is 12.5. The zero-order chi connectivity index (χ0) is 11.6. The molecule has 2 unspecified atom stereocenters. The fraction of sp³-hybridized carbons (Fsp3) is 0.909. The van der Waals surface area contributed by atoms with Gasteiger partial charge in [0.1, 0.15) is 12.2 Å². The van der Waals surface area contributed by atoms with Gasteiger partial charge in [0.25, 0.3) is 0 Å². The van der Waals surface area contributed by atoms with Gasteiger partial charge in [-0.2, -0.15) is 13.2 Å². The molecule has 2 atom stereocenters. The SMILES string of the molecule is CC1CC(C)CC(C(=O)CC(F)(F)F)C1. The molecule has 4 heteroatoms. The third kappa shape index (κ3) is 4.22. The summed E-state index contributed by atoms with van der Waals surface area (Å²) in [4.78, 5) is 11.4. The average Bonchev–Trinajstić information content (AvgIpc) is 1.98. The first-order chi connectivity index (χ1) is 6.78. The second kappa shape index (κ2) is 4.54. The van der Waals surface area contributed by atoms with E-state index in [2.05, 4.69) is 0 Å². The molecule has 88 valence electrons. The van der Waals surface area contributed by atoms with Gasteiger partial charge in [0.05, 0.1) is 0 Å². The van der Waals surface area contributed by atoms with E-state index < -0.39 is 18.4 Å². The Bertz CT molecular complexity index is 224. The van der Waals surface area contributed by atoms with Gasteiger partial charge in [-0.25, -0.2) is 0 Å². The van der Waals surface area contributed by atoms with Gasteiger partial charge in [-0.3, -0.25) is 4.79 Å². The summed E-state index contributed by atoms with van der Waals surface area (Å²) in [6, 6.07) is 0.